The van der Waals surface area contributed by atoms with E-state index in [0.717, 1.165) is 14.7 Å². The number of aromatic nitrogens is 2. The van der Waals surface area contributed by atoms with Gasteiger partial charge in [0.1, 0.15) is 5.82 Å². The molecular formula is C11H9BrClF2N3. The SMILES string of the molecule is FC(F)n1ccnc1CNc1ccc(Cl)cc1Br. The lowest BCUT2D eigenvalue weighted by Gasteiger charge is -2.10. The summed E-state index contributed by atoms with van der Waals surface area (Å²) in [5, 5.41) is 3.61. The number of alkyl halides is 2. The van der Waals surface area contributed by atoms with E-state index in [1.54, 1.807) is 18.2 Å². The van der Waals surface area contributed by atoms with Crippen LogP contribution in [0.15, 0.2) is 35.1 Å². The van der Waals surface area contributed by atoms with Crippen molar-refractivity contribution in [3.8, 4) is 0 Å². The molecule has 0 fully saturated rings. The van der Waals surface area contributed by atoms with Gasteiger partial charge >= 0.3 is 6.55 Å². The highest BCUT2D eigenvalue weighted by Gasteiger charge is 2.11. The Kier molecular flexibility index (Phi) is 4.19. The van der Waals surface area contributed by atoms with Crippen LogP contribution in [0, 0.1) is 0 Å². The zero-order chi connectivity index (χ0) is 13.1. The largest absolute Gasteiger partial charge is 0.377 e. The predicted molar refractivity (Wildman–Crippen MR) is 70.0 cm³/mol. The third-order valence-corrected chi connectivity index (χ3v) is 3.22. The van der Waals surface area contributed by atoms with E-state index in [1.165, 1.54) is 12.4 Å². The Labute approximate surface area is 116 Å². The Morgan fingerprint density at radius 2 is 2.22 bits per heavy atom. The number of nitrogens with zero attached hydrogens (tertiary/aromatic N) is 2. The fourth-order valence-electron chi connectivity index (χ4n) is 1.47. The molecule has 0 unspecified atom stereocenters. The maximum Gasteiger partial charge on any atom is 0.319 e. The van der Waals surface area contributed by atoms with Crippen molar-refractivity contribution >= 4 is 33.2 Å². The van der Waals surface area contributed by atoms with E-state index in [4.69, 9.17) is 11.6 Å². The second kappa shape index (κ2) is 5.67. The van der Waals surface area contributed by atoms with Crippen LogP contribution in [-0.4, -0.2) is 9.55 Å². The molecule has 3 nitrogen and oxygen atoms in total. The van der Waals surface area contributed by atoms with Crippen molar-refractivity contribution in [3.05, 3.63) is 45.9 Å². The number of halogens is 4. The number of benzene rings is 1. The maximum atomic E-state index is 12.6. The van der Waals surface area contributed by atoms with Crippen LogP contribution >= 0.6 is 27.5 Å². The second-order valence-corrected chi connectivity index (χ2v) is 4.80. The van der Waals surface area contributed by atoms with E-state index >= 15 is 0 Å². The third kappa shape index (κ3) is 3.00. The van der Waals surface area contributed by atoms with Gasteiger partial charge in [-0.05, 0) is 34.1 Å². The molecule has 0 saturated heterocycles. The summed E-state index contributed by atoms with van der Waals surface area (Å²) >= 11 is 9.15. The lowest BCUT2D eigenvalue weighted by Crippen LogP contribution is -2.09. The molecular weight excluding hydrogens is 327 g/mol. The standard InChI is InChI=1S/C11H9BrClF2N3/c12-8-5-7(13)1-2-9(8)17-6-10-16-3-4-18(10)11(14)15/h1-5,11,17H,6H2. The molecule has 0 bridgehead atoms. The minimum atomic E-state index is -2.59. The molecule has 0 aliphatic heterocycles. The van der Waals surface area contributed by atoms with Gasteiger partial charge in [0, 0.05) is 27.6 Å². The predicted octanol–water partition coefficient (Wildman–Crippen LogP) is 4.31. The summed E-state index contributed by atoms with van der Waals surface area (Å²) in [5.74, 6) is 0.270. The van der Waals surface area contributed by atoms with Crippen LogP contribution in [0.25, 0.3) is 0 Å². The fourth-order valence-corrected chi connectivity index (χ4v) is 2.29. The number of imidazole rings is 1. The van der Waals surface area contributed by atoms with Gasteiger partial charge in [-0.15, -0.1) is 0 Å². The van der Waals surface area contributed by atoms with E-state index in [0.29, 0.717) is 5.02 Å². The Bertz CT molecular complexity index is 545. The van der Waals surface area contributed by atoms with Crippen LogP contribution in [0.2, 0.25) is 5.02 Å². The summed E-state index contributed by atoms with van der Waals surface area (Å²) in [6.07, 6.45) is 2.60. The molecule has 2 aromatic rings. The highest BCUT2D eigenvalue weighted by molar-refractivity contribution is 9.10. The van der Waals surface area contributed by atoms with Gasteiger partial charge < -0.3 is 5.32 Å². The second-order valence-electron chi connectivity index (χ2n) is 3.51. The molecule has 0 radical (unpaired) electrons. The van der Waals surface area contributed by atoms with Gasteiger partial charge in [-0.2, -0.15) is 8.78 Å². The summed E-state index contributed by atoms with van der Waals surface area (Å²) in [5.41, 5.74) is 0.767. The van der Waals surface area contributed by atoms with Crippen molar-refractivity contribution < 1.29 is 8.78 Å². The fraction of sp³-hybridized carbons (Fsp3) is 0.182. The van der Waals surface area contributed by atoms with Crippen molar-refractivity contribution in [1.82, 2.24) is 9.55 Å². The molecule has 1 N–H and O–H groups in total. The molecule has 0 amide bonds. The first-order valence-electron chi connectivity index (χ1n) is 5.06. The zero-order valence-corrected chi connectivity index (χ0v) is 11.4. The summed E-state index contributed by atoms with van der Waals surface area (Å²) in [6.45, 7) is -2.38. The zero-order valence-electron chi connectivity index (χ0n) is 9.08. The van der Waals surface area contributed by atoms with Crippen LogP contribution in [0.4, 0.5) is 14.5 Å². The molecule has 18 heavy (non-hydrogen) atoms. The summed E-state index contributed by atoms with van der Waals surface area (Å²) in [7, 11) is 0. The van der Waals surface area contributed by atoms with E-state index in [1.807, 2.05) is 0 Å². The molecule has 0 spiro atoms. The van der Waals surface area contributed by atoms with Gasteiger partial charge in [0.05, 0.1) is 6.54 Å². The minimum Gasteiger partial charge on any atom is -0.377 e. The van der Waals surface area contributed by atoms with E-state index in [9.17, 15) is 8.78 Å². The van der Waals surface area contributed by atoms with E-state index < -0.39 is 6.55 Å². The Hall–Kier alpha value is -1.14. The number of hydrogen-bond acceptors (Lipinski definition) is 2. The first-order chi connectivity index (χ1) is 8.58. The molecule has 2 rings (SSSR count). The minimum absolute atomic E-state index is 0.206. The molecule has 0 atom stereocenters. The summed E-state index contributed by atoms with van der Waals surface area (Å²) in [4.78, 5) is 3.88. The highest BCUT2D eigenvalue weighted by atomic mass is 79.9. The Balaban J connectivity index is 2.09. The molecule has 96 valence electrons. The highest BCUT2D eigenvalue weighted by Crippen LogP contribution is 2.26. The smallest absolute Gasteiger partial charge is 0.319 e. The monoisotopic (exact) mass is 335 g/mol. The van der Waals surface area contributed by atoms with Gasteiger partial charge in [0.2, 0.25) is 0 Å². The first-order valence-corrected chi connectivity index (χ1v) is 6.24. The topological polar surface area (TPSA) is 29.9 Å². The van der Waals surface area contributed by atoms with E-state index in [-0.39, 0.29) is 12.4 Å². The normalized spacial score (nSPS) is 10.9. The third-order valence-electron chi connectivity index (χ3n) is 2.33. The van der Waals surface area contributed by atoms with Gasteiger partial charge in [-0.1, -0.05) is 11.6 Å². The summed E-state index contributed by atoms with van der Waals surface area (Å²) in [6, 6.07) is 5.21. The van der Waals surface area contributed by atoms with Crippen molar-refractivity contribution in [2.45, 2.75) is 13.1 Å². The van der Waals surface area contributed by atoms with Gasteiger partial charge in [0.25, 0.3) is 0 Å². The first kappa shape index (κ1) is 13.3. The Morgan fingerprint density at radius 1 is 1.44 bits per heavy atom. The number of rotatable bonds is 4. The molecule has 1 aromatic heterocycles. The summed E-state index contributed by atoms with van der Waals surface area (Å²) < 4.78 is 26.8. The van der Waals surface area contributed by atoms with Crippen LogP contribution in [0.5, 0.6) is 0 Å². The average Bonchev–Trinajstić information content (AvgIpc) is 2.76. The maximum absolute atomic E-state index is 12.6. The lowest BCUT2D eigenvalue weighted by molar-refractivity contribution is 0.0673. The average molecular weight is 337 g/mol. The molecule has 0 aliphatic carbocycles. The van der Waals surface area contributed by atoms with Crippen LogP contribution < -0.4 is 5.32 Å². The van der Waals surface area contributed by atoms with Crippen molar-refractivity contribution in [2.24, 2.45) is 0 Å². The van der Waals surface area contributed by atoms with Crippen molar-refractivity contribution in [1.29, 1.82) is 0 Å². The quantitative estimate of drug-likeness (QED) is 0.902. The number of anilines is 1. The van der Waals surface area contributed by atoms with E-state index in [2.05, 4.69) is 26.2 Å². The van der Waals surface area contributed by atoms with Gasteiger partial charge in [-0.3, -0.25) is 4.57 Å². The van der Waals surface area contributed by atoms with Gasteiger partial charge in [0.15, 0.2) is 0 Å². The molecule has 7 heteroatoms. The molecule has 1 aromatic carbocycles. The molecule has 1 heterocycles. The van der Waals surface area contributed by atoms with Crippen molar-refractivity contribution in [3.63, 3.8) is 0 Å². The Morgan fingerprint density at radius 3 is 2.89 bits per heavy atom. The lowest BCUT2D eigenvalue weighted by atomic mass is 10.3. The number of nitrogens with one attached hydrogen (secondary N) is 1. The molecule has 0 saturated carbocycles. The van der Waals surface area contributed by atoms with Gasteiger partial charge in [-0.25, -0.2) is 4.98 Å². The number of hydrogen-bond donors (Lipinski definition) is 1. The van der Waals surface area contributed by atoms with Crippen LogP contribution in [0.1, 0.15) is 12.4 Å². The molecule has 0 aliphatic rings. The van der Waals surface area contributed by atoms with Crippen molar-refractivity contribution in [2.75, 3.05) is 5.32 Å². The van der Waals surface area contributed by atoms with Crippen LogP contribution in [0.3, 0.4) is 0 Å². The van der Waals surface area contributed by atoms with Crippen LogP contribution in [-0.2, 0) is 6.54 Å².